The summed E-state index contributed by atoms with van der Waals surface area (Å²) in [7, 11) is 0. The van der Waals surface area contributed by atoms with Crippen LogP contribution in [-0.4, -0.2) is 19.0 Å². The zero-order valence-electron chi connectivity index (χ0n) is 6.38. The predicted octanol–water partition coefficient (Wildman–Crippen LogP) is 1.55. The Hall–Kier alpha value is -0.0800. The van der Waals surface area contributed by atoms with Crippen molar-refractivity contribution in [3.63, 3.8) is 0 Å². The van der Waals surface area contributed by atoms with Crippen LogP contribution in [0.15, 0.2) is 0 Å². The zero-order chi connectivity index (χ0) is 6.97. The lowest BCUT2D eigenvalue weighted by Gasteiger charge is -2.37. The molecule has 10 heavy (non-hydrogen) atoms. The molecule has 2 aliphatic rings. The van der Waals surface area contributed by atoms with Gasteiger partial charge in [0, 0.05) is 0 Å². The molecule has 1 saturated heterocycles. The minimum absolute atomic E-state index is 0.502. The largest absolute Gasteiger partial charge is 0.352 e. The monoisotopic (exact) mass is 142 g/mol. The molecule has 0 amide bonds. The van der Waals surface area contributed by atoms with Gasteiger partial charge in [0.05, 0.1) is 12.2 Å². The number of hydrogen-bond donors (Lipinski definition) is 0. The Balaban J connectivity index is 1.98. The minimum Gasteiger partial charge on any atom is -0.352 e. The van der Waals surface area contributed by atoms with Crippen molar-refractivity contribution in [2.24, 2.45) is 5.92 Å². The molecular weight excluding hydrogens is 128 g/mol. The normalized spacial score (nSPS) is 47.1. The van der Waals surface area contributed by atoms with Gasteiger partial charge in [-0.1, -0.05) is 6.92 Å². The van der Waals surface area contributed by atoms with Crippen LogP contribution in [-0.2, 0) is 9.47 Å². The van der Waals surface area contributed by atoms with Gasteiger partial charge in [-0.15, -0.1) is 0 Å². The van der Waals surface area contributed by atoms with Crippen LogP contribution in [0.5, 0.6) is 0 Å². The van der Waals surface area contributed by atoms with E-state index in [0.717, 1.165) is 12.3 Å². The van der Waals surface area contributed by atoms with Gasteiger partial charge in [-0.05, 0) is 25.2 Å². The zero-order valence-corrected chi connectivity index (χ0v) is 6.38. The molecule has 1 aliphatic heterocycles. The lowest BCUT2D eigenvalue weighted by molar-refractivity contribution is -0.200. The third-order valence-electron chi connectivity index (χ3n) is 2.46. The van der Waals surface area contributed by atoms with Crippen LogP contribution in [0.25, 0.3) is 0 Å². The Kier molecular flexibility index (Phi) is 1.66. The van der Waals surface area contributed by atoms with E-state index in [2.05, 4.69) is 6.92 Å². The fourth-order valence-corrected chi connectivity index (χ4v) is 1.98. The molecule has 1 saturated carbocycles. The maximum absolute atomic E-state index is 5.40. The lowest BCUT2D eigenvalue weighted by atomic mass is 9.86. The quantitative estimate of drug-likeness (QED) is 0.511. The van der Waals surface area contributed by atoms with Crippen LogP contribution in [0.4, 0.5) is 0 Å². The first-order valence-corrected chi connectivity index (χ1v) is 4.08. The van der Waals surface area contributed by atoms with Gasteiger partial charge >= 0.3 is 0 Å². The molecule has 0 aromatic carbocycles. The summed E-state index contributed by atoms with van der Waals surface area (Å²) >= 11 is 0. The van der Waals surface area contributed by atoms with Crippen molar-refractivity contribution >= 4 is 0 Å². The van der Waals surface area contributed by atoms with Gasteiger partial charge in [-0.3, -0.25) is 0 Å². The van der Waals surface area contributed by atoms with Gasteiger partial charge in [-0.2, -0.15) is 0 Å². The molecule has 1 unspecified atom stereocenters. The molecule has 1 heterocycles. The molecule has 2 nitrogen and oxygen atoms in total. The molecule has 3 atom stereocenters. The van der Waals surface area contributed by atoms with Crippen molar-refractivity contribution in [2.45, 2.75) is 38.4 Å². The van der Waals surface area contributed by atoms with E-state index in [1.807, 2.05) is 0 Å². The molecule has 1 aliphatic carbocycles. The molecule has 0 radical (unpaired) electrons. The van der Waals surface area contributed by atoms with Gasteiger partial charge in [0.25, 0.3) is 0 Å². The van der Waals surface area contributed by atoms with Crippen LogP contribution in [0, 0.1) is 5.92 Å². The molecule has 2 rings (SSSR count). The van der Waals surface area contributed by atoms with Gasteiger partial charge in [0.15, 0.2) is 0 Å². The van der Waals surface area contributed by atoms with Crippen LogP contribution >= 0.6 is 0 Å². The van der Waals surface area contributed by atoms with Crippen LogP contribution < -0.4 is 0 Å². The van der Waals surface area contributed by atoms with Crippen molar-refractivity contribution in [1.82, 2.24) is 0 Å². The number of ether oxygens (including phenoxy) is 2. The van der Waals surface area contributed by atoms with Crippen LogP contribution in [0.2, 0.25) is 0 Å². The fourth-order valence-electron chi connectivity index (χ4n) is 1.98. The second kappa shape index (κ2) is 2.51. The van der Waals surface area contributed by atoms with E-state index in [4.69, 9.17) is 9.47 Å². The Morgan fingerprint density at radius 2 is 1.60 bits per heavy atom. The summed E-state index contributed by atoms with van der Waals surface area (Å²) in [4.78, 5) is 0. The minimum atomic E-state index is 0.502. The third-order valence-corrected chi connectivity index (χ3v) is 2.46. The van der Waals surface area contributed by atoms with Gasteiger partial charge in [-0.25, -0.2) is 0 Å². The van der Waals surface area contributed by atoms with Gasteiger partial charge in [0.1, 0.15) is 6.79 Å². The number of hydrogen-bond acceptors (Lipinski definition) is 2. The SMILES string of the molecule is CC1C[C@@H]2C[C@H](C1)OCO2. The van der Waals surface area contributed by atoms with E-state index in [9.17, 15) is 0 Å². The summed E-state index contributed by atoms with van der Waals surface area (Å²) in [5, 5.41) is 0. The number of rotatable bonds is 0. The second-order valence-electron chi connectivity index (χ2n) is 3.51. The summed E-state index contributed by atoms with van der Waals surface area (Å²) in [5.41, 5.74) is 0. The van der Waals surface area contributed by atoms with Crippen molar-refractivity contribution in [2.75, 3.05) is 6.79 Å². The first-order chi connectivity index (χ1) is 4.84. The molecule has 2 bridgehead atoms. The molecule has 2 fully saturated rings. The molecule has 0 aromatic heterocycles. The average molecular weight is 142 g/mol. The summed E-state index contributed by atoms with van der Waals surface area (Å²) < 4.78 is 10.8. The van der Waals surface area contributed by atoms with E-state index in [0.29, 0.717) is 19.0 Å². The van der Waals surface area contributed by atoms with E-state index in [-0.39, 0.29) is 0 Å². The van der Waals surface area contributed by atoms with Crippen molar-refractivity contribution in [1.29, 1.82) is 0 Å². The van der Waals surface area contributed by atoms with E-state index in [1.54, 1.807) is 0 Å². The molecule has 2 heteroatoms. The van der Waals surface area contributed by atoms with Gasteiger partial charge in [0.2, 0.25) is 0 Å². The molecule has 0 spiro atoms. The fraction of sp³-hybridized carbons (Fsp3) is 1.00. The highest BCUT2D eigenvalue weighted by Gasteiger charge is 2.30. The summed E-state index contributed by atoms with van der Waals surface area (Å²) in [6.07, 6.45) is 4.61. The van der Waals surface area contributed by atoms with E-state index in [1.165, 1.54) is 12.8 Å². The smallest absolute Gasteiger partial charge is 0.147 e. The molecule has 0 aromatic rings. The highest BCUT2D eigenvalue weighted by Crippen LogP contribution is 2.31. The predicted molar refractivity (Wildman–Crippen MR) is 37.6 cm³/mol. The van der Waals surface area contributed by atoms with Crippen LogP contribution in [0.3, 0.4) is 0 Å². The maximum Gasteiger partial charge on any atom is 0.147 e. The van der Waals surface area contributed by atoms with Gasteiger partial charge < -0.3 is 9.47 Å². The average Bonchev–Trinajstić information content (AvgIpc) is 1.85. The van der Waals surface area contributed by atoms with Crippen molar-refractivity contribution < 1.29 is 9.47 Å². The highest BCUT2D eigenvalue weighted by atomic mass is 16.7. The third kappa shape index (κ3) is 1.18. The summed E-state index contributed by atoms with van der Waals surface area (Å²) in [6.45, 7) is 2.80. The molecule has 58 valence electrons. The lowest BCUT2D eigenvalue weighted by Crippen LogP contribution is -2.38. The standard InChI is InChI=1S/C8H14O2/c1-6-2-7-4-8(3-6)10-5-9-7/h6-8H,2-5H2,1H3/t6?,7-,8+. The first-order valence-electron chi connectivity index (χ1n) is 4.08. The summed E-state index contributed by atoms with van der Waals surface area (Å²) in [6, 6.07) is 0. The Bertz CT molecular complexity index is 108. The molecular formula is C8H14O2. The maximum atomic E-state index is 5.40. The molecule has 0 N–H and O–H groups in total. The Morgan fingerprint density at radius 3 is 2.20 bits per heavy atom. The Labute approximate surface area is 61.5 Å². The second-order valence-corrected chi connectivity index (χ2v) is 3.51. The summed E-state index contributed by atoms with van der Waals surface area (Å²) in [5.74, 6) is 0.795. The number of fused-ring (bicyclic) bond motifs is 2. The first kappa shape index (κ1) is 6.62. The Morgan fingerprint density at radius 1 is 1.00 bits per heavy atom. The van der Waals surface area contributed by atoms with E-state index < -0.39 is 0 Å². The topological polar surface area (TPSA) is 18.5 Å². The van der Waals surface area contributed by atoms with E-state index >= 15 is 0 Å². The van der Waals surface area contributed by atoms with Crippen molar-refractivity contribution in [3.8, 4) is 0 Å². The highest BCUT2D eigenvalue weighted by molar-refractivity contribution is 4.79. The van der Waals surface area contributed by atoms with Crippen LogP contribution in [0.1, 0.15) is 26.2 Å². The van der Waals surface area contributed by atoms with Crippen molar-refractivity contribution in [3.05, 3.63) is 0 Å².